The first-order valence-corrected chi connectivity index (χ1v) is 4.48. The van der Waals surface area contributed by atoms with Crippen LogP contribution in [0.4, 0.5) is 17.3 Å². The van der Waals surface area contributed by atoms with Crippen LogP contribution in [0.25, 0.3) is 0 Å². The van der Waals surface area contributed by atoms with E-state index >= 15 is 0 Å². The van der Waals surface area contributed by atoms with Gasteiger partial charge in [0.1, 0.15) is 0 Å². The molecule has 0 bridgehead atoms. The van der Waals surface area contributed by atoms with Crippen LogP contribution >= 0.6 is 0 Å². The Morgan fingerprint density at radius 3 is 2.13 bits per heavy atom. The van der Waals surface area contributed by atoms with E-state index in [9.17, 15) is 17.3 Å². The minimum absolute atomic E-state index is 0. The van der Waals surface area contributed by atoms with Gasteiger partial charge in [-0.05, 0) is 30.4 Å². The van der Waals surface area contributed by atoms with Gasteiger partial charge >= 0.3 is 58.4 Å². The fourth-order valence-corrected chi connectivity index (χ4v) is 1.48. The molecule has 1 aromatic rings. The van der Waals surface area contributed by atoms with Crippen molar-refractivity contribution in [3.8, 4) is 0 Å². The summed E-state index contributed by atoms with van der Waals surface area (Å²) in [4.78, 5) is 0. The minimum Gasteiger partial charge on any atom is -0.445 e. The maximum Gasteiger partial charge on any atom is 1.00 e. The molecule has 1 aliphatic rings. The molecule has 0 amide bonds. The van der Waals surface area contributed by atoms with Crippen molar-refractivity contribution in [1.29, 1.82) is 0 Å². The number of halogens is 4. The molecule has 1 fully saturated rings. The van der Waals surface area contributed by atoms with Gasteiger partial charge in [-0.1, -0.05) is 17.6 Å². The van der Waals surface area contributed by atoms with Crippen molar-refractivity contribution in [2.24, 2.45) is 0 Å². The topological polar surface area (TPSA) is 0 Å². The van der Waals surface area contributed by atoms with Crippen molar-refractivity contribution in [1.82, 2.24) is 0 Å². The standard InChI is InChI=1S/C9H8BF4.K/c11-9-5-7(6-1-2-6)3-4-8(9)10(12,13)14;/h3-6H,1-2H2;/q-1;+1. The van der Waals surface area contributed by atoms with Gasteiger partial charge in [-0.2, -0.15) is 0 Å². The molecule has 0 saturated heterocycles. The predicted molar refractivity (Wildman–Crippen MR) is 47.1 cm³/mol. The quantitative estimate of drug-likeness (QED) is 0.496. The van der Waals surface area contributed by atoms with Crippen molar-refractivity contribution in [2.75, 3.05) is 0 Å². The molecule has 0 nitrogen and oxygen atoms in total. The number of benzene rings is 1. The molecule has 76 valence electrons. The molecule has 6 heteroatoms. The van der Waals surface area contributed by atoms with Crippen LogP contribution < -0.4 is 56.8 Å². The smallest absolute Gasteiger partial charge is 0.445 e. The Balaban J connectivity index is 0.00000112. The fourth-order valence-electron chi connectivity index (χ4n) is 1.48. The summed E-state index contributed by atoms with van der Waals surface area (Å²) in [6.07, 6.45) is 1.91. The van der Waals surface area contributed by atoms with Gasteiger partial charge < -0.3 is 12.9 Å². The zero-order valence-corrected chi connectivity index (χ0v) is 11.4. The fraction of sp³-hybridized carbons (Fsp3) is 0.333. The minimum atomic E-state index is -5.22. The van der Waals surface area contributed by atoms with Crippen LogP contribution in [0.5, 0.6) is 0 Å². The van der Waals surface area contributed by atoms with Crippen LogP contribution in [0.3, 0.4) is 0 Å². The van der Waals surface area contributed by atoms with Gasteiger partial charge in [-0.25, -0.2) is 4.39 Å². The molecule has 0 heterocycles. The Hall–Kier alpha value is 0.641. The van der Waals surface area contributed by atoms with E-state index in [1.54, 1.807) is 0 Å². The van der Waals surface area contributed by atoms with E-state index < -0.39 is 18.3 Å². The van der Waals surface area contributed by atoms with Crippen LogP contribution in [0, 0.1) is 5.82 Å². The Bertz CT molecular complexity index is 360. The largest absolute Gasteiger partial charge is 1.00 e. The molecular weight excluding hydrogens is 234 g/mol. The summed E-state index contributed by atoms with van der Waals surface area (Å²) in [5.74, 6) is -0.860. The molecule has 1 aromatic carbocycles. The van der Waals surface area contributed by atoms with E-state index in [0.717, 1.165) is 25.0 Å². The number of hydrogen-bond donors (Lipinski definition) is 0. The van der Waals surface area contributed by atoms with Crippen molar-refractivity contribution in [3.05, 3.63) is 29.6 Å². The van der Waals surface area contributed by atoms with Gasteiger partial charge in [0.25, 0.3) is 0 Å². The van der Waals surface area contributed by atoms with Crippen LogP contribution in [0.1, 0.15) is 24.3 Å². The first-order valence-electron chi connectivity index (χ1n) is 4.48. The van der Waals surface area contributed by atoms with E-state index in [2.05, 4.69) is 0 Å². The molecule has 0 atom stereocenters. The molecule has 0 aliphatic heterocycles. The summed E-state index contributed by atoms with van der Waals surface area (Å²) in [7, 11) is 0. The third-order valence-electron chi connectivity index (χ3n) is 2.43. The van der Waals surface area contributed by atoms with Crippen molar-refractivity contribution < 1.29 is 68.7 Å². The molecule has 15 heavy (non-hydrogen) atoms. The molecule has 1 saturated carbocycles. The van der Waals surface area contributed by atoms with Crippen LogP contribution in [-0.2, 0) is 0 Å². The zero-order chi connectivity index (χ0) is 10.3. The zero-order valence-electron chi connectivity index (χ0n) is 8.31. The van der Waals surface area contributed by atoms with Gasteiger partial charge in [-0.15, -0.1) is 0 Å². The van der Waals surface area contributed by atoms with Gasteiger partial charge in [0.15, 0.2) is 0 Å². The molecule has 0 unspecified atom stereocenters. The second-order valence-electron chi connectivity index (χ2n) is 3.63. The maximum absolute atomic E-state index is 13.0. The monoisotopic (exact) mass is 242 g/mol. The van der Waals surface area contributed by atoms with Gasteiger partial charge in [0, 0.05) is 0 Å². The van der Waals surface area contributed by atoms with Crippen LogP contribution in [0.15, 0.2) is 18.2 Å². The Kier molecular flexibility index (Phi) is 4.45. The van der Waals surface area contributed by atoms with E-state index in [0.29, 0.717) is 5.56 Å². The SMILES string of the molecule is Fc1cc(C2CC2)ccc1[B-](F)(F)F.[K+]. The van der Waals surface area contributed by atoms with Gasteiger partial charge in [0.05, 0.1) is 5.82 Å². The average Bonchev–Trinajstić information content (AvgIpc) is 2.83. The second-order valence-corrected chi connectivity index (χ2v) is 3.63. The van der Waals surface area contributed by atoms with Crippen LogP contribution in [-0.4, -0.2) is 6.98 Å². The normalized spacial score (nSPS) is 16.0. The van der Waals surface area contributed by atoms with Crippen molar-refractivity contribution >= 4 is 12.4 Å². The van der Waals surface area contributed by atoms with E-state index in [1.165, 1.54) is 6.07 Å². The molecule has 1 aliphatic carbocycles. The van der Waals surface area contributed by atoms with Gasteiger partial charge in [-0.3, -0.25) is 0 Å². The average molecular weight is 242 g/mol. The summed E-state index contributed by atoms with van der Waals surface area (Å²) in [5, 5.41) is 0. The van der Waals surface area contributed by atoms with E-state index in [-0.39, 0.29) is 57.3 Å². The third-order valence-corrected chi connectivity index (χ3v) is 2.43. The second kappa shape index (κ2) is 4.87. The van der Waals surface area contributed by atoms with Gasteiger partial charge in [0.2, 0.25) is 0 Å². The summed E-state index contributed by atoms with van der Waals surface area (Å²) < 4.78 is 49.7. The summed E-state index contributed by atoms with van der Waals surface area (Å²) >= 11 is 0. The Morgan fingerprint density at radius 1 is 1.13 bits per heavy atom. The predicted octanol–water partition coefficient (Wildman–Crippen LogP) is -0.239. The van der Waals surface area contributed by atoms with Crippen molar-refractivity contribution in [3.63, 3.8) is 0 Å². The first kappa shape index (κ1) is 13.7. The Morgan fingerprint density at radius 2 is 1.73 bits per heavy atom. The molecule has 0 radical (unpaired) electrons. The third kappa shape index (κ3) is 3.30. The molecule has 0 aromatic heterocycles. The molecule has 0 spiro atoms. The van der Waals surface area contributed by atoms with Crippen LogP contribution in [0.2, 0.25) is 0 Å². The summed E-state index contributed by atoms with van der Waals surface area (Å²) in [6.45, 7) is -5.22. The first-order chi connectivity index (χ1) is 6.48. The maximum atomic E-state index is 13.0. The number of rotatable bonds is 2. The molecule has 0 N–H and O–H groups in total. The molecule has 2 rings (SSSR count). The van der Waals surface area contributed by atoms with E-state index in [4.69, 9.17) is 0 Å². The number of hydrogen-bond acceptors (Lipinski definition) is 0. The summed E-state index contributed by atoms with van der Waals surface area (Å²) in [5.41, 5.74) is -0.430. The van der Waals surface area contributed by atoms with E-state index in [1.807, 2.05) is 0 Å². The summed E-state index contributed by atoms with van der Waals surface area (Å²) in [6, 6.07) is 3.25. The Labute approximate surface area is 128 Å². The molecular formula is C9H8BF4K. The van der Waals surface area contributed by atoms with Crippen molar-refractivity contribution in [2.45, 2.75) is 18.8 Å².